The number of non-ortho nitro benzene ring substituents is 1. The standard InChI is InChI=1S/C29H39NO5S/c1-18(35-36-23-8-6-21(7-9-23)30(32)33)25-11-12-26-24-10-5-20-17-22(34-19(2)31)13-15-28(20,3)27(24)14-16-29(25,26)4/h5-9,18,22,24-27H,10-17H2,1-4H3/t18?,22-,24-,25+,26-,27-,28-,29+/m0/s1. The van der Waals surface area contributed by atoms with Gasteiger partial charge in [-0.05, 0) is 98.5 Å². The lowest BCUT2D eigenvalue weighted by Crippen LogP contribution is -2.51. The van der Waals surface area contributed by atoms with Crippen LogP contribution in [0.3, 0.4) is 0 Å². The maximum Gasteiger partial charge on any atom is 0.302 e. The van der Waals surface area contributed by atoms with E-state index in [1.54, 1.807) is 12.1 Å². The molecule has 7 heteroatoms. The molecular formula is C29H39NO5S. The Balaban J connectivity index is 1.25. The van der Waals surface area contributed by atoms with Gasteiger partial charge in [-0.3, -0.25) is 14.9 Å². The Morgan fingerprint density at radius 1 is 1.11 bits per heavy atom. The number of allylic oxidation sites excluding steroid dienone is 1. The molecule has 5 rings (SSSR count). The van der Waals surface area contributed by atoms with E-state index in [1.807, 2.05) is 0 Å². The molecular weight excluding hydrogens is 474 g/mol. The zero-order valence-electron chi connectivity index (χ0n) is 21.9. The maximum atomic E-state index is 11.5. The van der Waals surface area contributed by atoms with Crippen LogP contribution >= 0.6 is 12.0 Å². The van der Waals surface area contributed by atoms with E-state index in [9.17, 15) is 14.9 Å². The van der Waals surface area contributed by atoms with Gasteiger partial charge in [0.1, 0.15) is 6.10 Å². The Kier molecular flexibility index (Phi) is 7.01. The normalized spacial score (nSPS) is 38.2. The minimum atomic E-state index is -0.372. The van der Waals surface area contributed by atoms with Gasteiger partial charge in [0.25, 0.3) is 5.69 Å². The van der Waals surface area contributed by atoms with E-state index in [0.29, 0.717) is 5.92 Å². The summed E-state index contributed by atoms with van der Waals surface area (Å²) in [5, 5.41) is 10.9. The molecule has 1 aromatic rings. The zero-order valence-corrected chi connectivity index (χ0v) is 22.7. The number of fused-ring (bicyclic) bond motifs is 5. The number of hydrogen-bond acceptors (Lipinski definition) is 6. The van der Waals surface area contributed by atoms with Crippen LogP contribution < -0.4 is 0 Å². The summed E-state index contributed by atoms with van der Waals surface area (Å²) in [7, 11) is 0. The van der Waals surface area contributed by atoms with Crippen LogP contribution in [0.15, 0.2) is 40.8 Å². The third kappa shape index (κ3) is 4.51. The van der Waals surface area contributed by atoms with Gasteiger partial charge in [-0.15, -0.1) is 0 Å². The Bertz CT molecular complexity index is 1040. The van der Waals surface area contributed by atoms with Crippen LogP contribution in [-0.2, 0) is 13.7 Å². The summed E-state index contributed by atoms with van der Waals surface area (Å²) in [6, 6.07) is 6.61. The van der Waals surface area contributed by atoms with Crippen molar-refractivity contribution >= 4 is 23.7 Å². The number of esters is 1. The number of benzene rings is 1. The van der Waals surface area contributed by atoms with Crippen LogP contribution in [0.4, 0.5) is 5.69 Å². The summed E-state index contributed by atoms with van der Waals surface area (Å²) in [5.41, 5.74) is 2.17. The number of carbonyl (C=O) groups is 1. The fourth-order valence-electron chi connectivity index (χ4n) is 8.60. The van der Waals surface area contributed by atoms with Crippen molar-refractivity contribution in [3.8, 4) is 0 Å². The van der Waals surface area contributed by atoms with E-state index in [2.05, 4.69) is 26.8 Å². The molecule has 0 spiro atoms. The average molecular weight is 514 g/mol. The predicted molar refractivity (Wildman–Crippen MR) is 140 cm³/mol. The van der Waals surface area contributed by atoms with Gasteiger partial charge in [0, 0.05) is 42.4 Å². The van der Waals surface area contributed by atoms with Gasteiger partial charge in [-0.25, -0.2) is 0 Å². The van der Waals surface area contributed by atoms with Crippen molar-refractivity contribution in [3.05, 3.63) is 46.0 Å². The van der Waals surface area contributed by atoms with E-state index in [4.69, 9.17) is 8.92 Å². The van der Waals surface area contributed by atoms with Crippen molar-refractivity contribution in [2.24, 2.45) is 34.5 Å². The van der Waals surface area contributed by atoms with Crippen molar-refractivity contribution in [2.75, 3.05) is 0 Å². The maximum absolute atomic E-state index is 11.5. The molecule has 0 bridgehead atoms. The predicted octanol–water partition coefficient (Wildman–Crippen LogP) is 7.52. The molecule has 1 unspecified atom stereocenters. The SMILES string of the molecule is CC(=O)O[C@H]1CC[C@@]2(C)C(=CC[C@H]3[C@@H]4CC[C@H](C(C)OSc5ccc([N+](=O)[O-])cc5)[C@@]4(C)CC[C@@H]32)C1. The molecule has 0 amide bonds. The second-order valence-electron chi connectivity index (χ2n) is 12.1. The quantitative estimate of drug-likeness (QED) is 0.129. The van der Waals surface area contributed by atoms with E-state index in [-0.39, 0.29) is 39.6 Å². The summed E-state index contributed by atoms with van der Waals surface area (Å²) in [5.74, 6) is 2.52. The summed E-state index contributed by atoms with van der Waals surface area (Å²) >= 11 is 1.35. The lowest BCUT2D eigenvalue weighted by atomic mass is 9.47. The molecule has 8 atom stereocenters. The van der Waals surface area contributed by atoms with Crippen molar-refractivity contribution in [2.45, 2.75) is 96.2 Å². The average Bonchev–Trinajstić information content (AvgIpc) is 3.20. The highest BCUT2D eigenvalue weighted by molar-refractivity contribution is 7.94. The number of nitro benzene ring substituents is 1. The van der Waals surface area contributed by atoms with Crippen molar-refractivity contribution in [3.63, 3.8) is 0 Å². The molecule has 3 fully saturated rings. The lowest BCUT2D eigenvalue weighted by molar-refractivity contribution is -0.384. The first kappa shape index (κ1) is 25.8. The number of rotatable bonds is 6. The minimum Gasteiger partial charge on any atom is -0.462 e. The molecule has 0 aromatic heterocycles. The van der Waals surface area contributed by atoms with Crippen LogP contribution in [0.25, 0.3) is 0 Å². The first-order valence-corrected chi connectivity index (χ1v) is 14.3. The van der Waals surface area contributed by atoms with Gasteiger partial charge in [0.15, 0.2) is 0 Å². The molecule has 0 aliphatic heterocycles. The monoisotopic (exact) mass is 513 g/mol. The van der Waals surface area contributed by atoms with Crippen LogP contribution in [-0.4, -0.2) is 23.1 Å². The van der Waals surface area contributed by atoms with E-state index >= 15 is 0 Å². The number of carbonyl (C=O) groups excluding carboxylic acids is 1. The molecule has 0 saturated heterocycles. The third-order valence-corrected chi connectivity index (χ3v) is 11.2. The smallest absolute Gasteiger partial charge is 0.302 e. The molecule has 0 N–H and O–H groups in total. The van der Waals surface area contributed by atoms with Crippen molar-refractivity contribution in [1.29, 1.82) is 0 Å². The number of nitrogens with zero attached hydrogens (tertiary/aromatic N) is 1. The fraction of sp³-hybridized carbons (Fsp3) is 0.690. The van der Waals surface area contributed by atoms with Gasteiger partial charge in [0.2, 0.25) is 0 Å². The summed E-state index contributed by atoms with van der Waals surface area (Å²) < 4.78 is 11.9. The largest absolute Gasteiger partial charge is 0.462 e. The topological polar surface area (TPSA) is 78.7 Å². The molecule has 6 nitrogen and oxygen atoms in total. The second kappa shape index (κ2) is 9.79. The van der Waals surface area contributed by atoms with Crippen LogP contribution in [0, 0.1) is 44.6 Å². The van der Waals surface area contributed by atoms with Gasteiger partial charge < -0.3 is 8.92 Å². The van der Waals surface area contributed by atoms with Crippen molar-refractivity contribution < 1.29 is 18.6 Å². The van der Waals surface area contributed by atoms with Gasteiger partial charge >= 0.3 is 5.97 Å². The van der Waals surface area contributed by atoms with E-state index in [1.165, 1.54) is 62.4 Å². The summed E-state index contributed by atoms with van der Waals surface area (Å²) in [6.07, 6.45) is 11.8. The van der Waals surface area contributed by atoms with Gasteiger partial charge in [-0.1, -0.05) is 25.5 Å². The van der Waals surface area contributed by atoms with E-state index in [0.717, 1.165) is 48.3 Å². The highest BCUT2D eigenvalue weighted by atomic mass is 32.2. The fourth-order valence-corrected chi connectivity index (χ4v) is 9.24. The Morgan fingerprint density at radius 3 is 2.56 bits per heavy atom. The number of ether oxygens (including phenoxy) is 1. The number of hydrogen-bond donors (Lipinski definition) is 0. The highest BCUT2D eigenvalue weighted by Crippen LogP contribution is 2.67. The highest BCUT2D eigenvalue weighted by Gasteiger charge is 2.59. The van der Waals surface area contributed by atoms with Crippen LogP contribution in [0.5, 0.6) is 0 Å². The van der Waals surface area contributed by atoms with E-state index < -0.39 is 0 Å². The third-order valence-electron chi connectivity index (χ3n) is 10.4. The first-order chi connectivity index (χ1) is 17.1. The molecule has 0 heterocycles. The first-order valence-electron chi connectivity index (χ1n) is 13.6. The van der Waals surface area contributed by atoms with Crippen LogP contribution in [0.2, 0.25) is 0 Å². The van der Waals surface area contributed by atoms with Gasteiger partial charge in [-0.2, -0.15) is 0 Å². The Hall–Kier alpha value is -1.86. The molecule has 196 valence electrons. The van der Waals surface area contributed by atoms with Crippen molar-refractivity contribution in [1.82, 2.24) is 0 Å². The summed E-state index contributed by atoms with van der Waals surface area (Å²) in [4.78, 5) is 23.0. The molecule has 3 saturated carbocycles. The summed E-state index contributed by atoms with van der Waals surface area (Å²) in [6.45, 7) is 8.73. The molecule has 4 aliphatic rings. The molecule has 0 radical (unpaired) electrons. The molecule has 36 heavy (non-hydrogen) atoms. The Morgan fingerprint density at radius 2 is 1.86 bits per heavy atom. The second-order valence-corrected chi connectivity index (χ2v) is 12.9. The van der Waals surface area contributed by atoms with Gasteiger partial charge in [0.05, 0.1) is 11.0 Å². The van der Waals surface area contributed by atoms with Crippen LogP contribution in [0.1, 0.15) is 79.1 Å². The molecule has 1 aromatic carbocycles. The Labute approximate surface area is 218 Å². The lowest BCUT2D eigenvalue weighted by Gasteiger charge is -2.58. The minimum absolute atomic E-state index is 0.0503. The zero-order chi connectivity index (χ0) is 25.7. The molecule has 4 aliphatic carbocycles. The number of nitro groups is 1.